The van der Waals surface area contributed by atoms with Gasteiger partial charge in [0, 0.05) is 5.56 Å². The Kier molecular flexibility index (Phi) is 3.87. The minimum atomic E-state index is -0.104. The van der Waals surface area contributed by atoms with Gasteiger partial charge in [-0.05, 0) is 18.4 Å². The zero-order valence-electron chi connectivity index (χ0n) is 8.75. The molecular weight excluding hydrogens is 240 g/mol. The molecule has 1 atom stereocenters. The molecule has 0 radical (unpaired) electrons. The summed E-state index contributed by atoms with van der Waals surface area (Å²) in [4.78, 5) is 11.5. The van der Waals surface area contributed by atoms with Crippen molar-refractivity contribution in [3.05, 3.63) is 35.4 Å². The van der Waals surface area contributed by atoms with Crippen LogP contribution in [0.1, 0.15) is 42.6 Å². The maximum atomic E-state index is 11.6. The molecule has 0 bridgehead atoms. The fourth-order valence-electron chi connectivity index (χ4n) is 1.26. The van der Waals surface area contributed by atoms with E-state index < -0.39 is 0 Å². The lowest BCUT2D eigenvalue weighted by atomic mass is 10.00. The molecule has 1 nitrogen and oxygen atoms in total. The molecule has 1 aromatic rings. The van der Waals surface area contributed by atoms with Crippen LogP contribution in [0.4, 0.5) is 0 Å². The highest BCUT2D eigenvalue weighted by molar-refractivity contribution is 9.10. The summed E-state index contributed by atoms with van der Waals surface area (Å²) in [7, 11) is 0. The number of carbonyl (C=O) groups is 1. The standard InChI is InChI=1S/C12H15BrO/c1-8(2)10-4-6-11(7-5-10)12(14)9(3)13/h4-9H,1-3H3/t9-/m0/s1. The lowest BCUT2D eigenvalue weighted by Gasteiger charge is -2.07. The average Bonchev–Trinajstić information content (AvgIpc) is 2.16. The van der Waals surface area contributed by atoms with E-state index in [0.29, 0.717) is 5.92 Å². The minimum Gasteiger partial charge on any atom is -0.293 e. The normalized spacial score (nSPS) is 12.9. The molecule has 0 saturated carbocycles. The summed E-state index contributed by atoms with van der Waals surface area (Å²) < 4.78 is 0. The molecule has 0 heterocycles. The first kappa shape index (κ1) is 11.4. The first-order valence-corrected chi connectivity index (χ1v) is 5.72. The number of rotatable bonds is 3. The van der Waals surface area contributed by atoms with Crippen LogP contribution in [0.15, 0.2) is 24.3 Å². The number of Topliss-reactive ketones (excluding diaryl/α,β-unsaturated/α-hetero) is 1. The second kappa shape index (κ2) is 4.74. The molecule has 0 aromatic heterocycles. The highest BCUT2D eigenvalue weighted by Gasteiger charge is 2.11. The van der Waals surface area contributed by atoms with Gasteiger partial charge in [-0.15, -0.1) is 0 Å². The molecule has 2 heteroatoms. The molecule has 0 saturated heterocycles. The van der Waals surface area contributed by atoms with Gasteiger partial charge in [0.05, 0.1) is 4.83 Å². The molecule has 14 heavy (non-hydrogen) atoms. The Morgan fingerprint density at radius 3 is 2.00 bits per heavy atom. The SMILES string of the molecule is CC(C)c1ccc(C(=O)[C@H](C)Br)cc1. The van der Waals surface area contributed by atoms with Crippen molar-refractivity contribution >= 4 is 21.7 Å². The minimum absolute atomic E-state index is 0.104. The number of carbonyl (C=O) groups excluding carboxylic acids is 1. The van der Waals surface area contributed by atoms with Gasteiger partial charge in [-0.3, -0.25) is 4.79 Å². The highest BCUT2D eigenvalue weighted by atomic mass is 79.9. The number of hydrogen-bond acceptors (Lipinski definition) is 1. The Morgan fingerprint density at radius 1 is 1.14 bits per heavy atom. The Hall–Kier alpha value is -0.630. The van der Waals surface area contributed by atoms with Crippen molar-refractivity contribution in [1.29, 1.82) is 0 Å². The molecule has 1 aromatic carbocycles. The van der Waals surface area contributed by atoms with Crippen LogP contribution in [0.3, 0.4) is 0 Å². The van der Waals surface area contributed by atoms with Crippen LogP contribution in [0.2, 0.25) is 0 Å². The second-order valence-electron chi connectivity index (χ2n) is 3.76. The molecular formula is C12H15BrO. The topological polar surface area (TPSA) is 17.1 Å². The van der Waals surface area contributed by atoms with E-state index >= 15 is 0 Å². The molecule has 0 amide bonds. The zero-order valence-corrected chi connectivity index (χ0v) is 10.3. The van der Waals surface area contributed by atoms with E-state index in [4.69, 9.17) is 0 Å². The van der Waals surface area contributed by atoms with Gasteiger partial charge in [-0.2, -0.15) is 0 Å². The van der Waals surface area contributed by atoms with Crippen molar-refractivity contribution in [2.45, 2.75) is 31.5 Å². The first-order valence-electron chi connectivity index (χ1n) is 4.80. The predicted octanol–water partition coefficient (Wildman–Crippen LogP) is 3.78. The van der Waals surface area contributed by atoms with Crippen LogP contribution in [-0.4, -0.2) is 10.6 Å². The van der Waals surface area contributed by atoms with Crippen molar-refractivity contribution < 1.29 is 4.79 Å². The van der Waals surface area contributed by atoms with E-state index in [0.717, 1.165) is 5.56 Å². The summed E-state index contributed by atoms with van der Waals surface area (Å²) >= 11 is 3.27. The Bertz CT molecular complexity index is 312. The molecule has 0 aliphatic carbocycles. The van der Waals surface area contributed by atoms with Gasteiger partial charge in [-0.25, -0.2) is 0 Å². The average molecular weight is 255 g/mol. The van der Waals surface area contributed by atoms with Crippen molar-refractivity contribution in [3.8, 4) is 0 Å². The summed E-state index contributed by atoms with van der Waals surface area (Å²) in [5, 5.41) is 0. The number of hydrogen-bond donors (Lipinski definition) is 0. The number of benzene rings is 1. The Labute approximate surface area is 93.7 Å². The van der Waals surface area contributed by atoms with Gasteiger partial charge in [-0.1, -0.05) is 54.0 Å². The Balaban J connectivity index is 2.89. The Morgan fingerprint density at radius 2 is 1.64 bits per heavy atom. The zero-order chi connectivity index (χ0) is 10.7. The molecule has 0 unspecified atom stereocenters. The van der Waals surface area contributed by atoms with Crippen LogP contribution in [-0.2, 0) is 0 Å². The van der Waals surface area contributed by atoms with E-state index in [1.165, 1.54) is 5.56 Å². The fraction of sp³-hybridized carbons (Fsp3) is 0.417. The van der Waals surface area contributed by atoms with Crippen LogP contribution in [0.5, 0.6) is 0 Å². The molecule has 0 aliphatic rings. The molecule has 0 N–H and O–H groups in total. The monoisotopic (exact) mass is 254 g/mol. The van der Waals surface area contributed by atoms with Crippen molar-refractivity contribution in [3.63, 3.8) is 0 Å². The smallest absolute Gasteiger partial charge is 0.176 e. The lowest BCUT2D eigenvalue weighted by Crippen LogP contribution is -2.09. The lowest BCUT2D eigenvalue weighted by molar-refractivity contribution is 0.0996. The number of alkyl halides is 1. The summed E-state index contributed by atoms with van der Waals surface area (Å²) in [6, 6.07) is 7.84. The molecule has 0 fully saturated rings. The van der Waals surface area contributed by atoms with Crippen LogP contribution in [0, 0.1) is 0 Å². The molecule has 0 aliphatic heterocycles. The van der Waals surface area contributed by atoms with Crippen molar-refractivity contribution in [1.82, 2.24) is 0 Å². The third-order valence-corrected chi connectivity index (χ3v) is 2.64. The third-order valence-electron chi connectivity index (χ3n) is 2.22. The predicted molar refractivity (Wildman–Crippen MR) is 63.3 cm³/mol. The number of halogens is 1. The maximum Gasteiger partial charge on any atom is 0.176 e. The quantitative estimate of drug-likeness (QED) is 0.593. The number of ketones is 1. The van der Waals surface area contributed by atoms with E-state index in [9.17, 15) is 4.79 Å². The van der Waals surface area contributed by atoms with Gasteiger partial charge >= 0.3 is 0 Å². The first-order chi connectivity index (χ1) is 6.52. The van der Waals surface area contributed by atoms with Gasteiger partial charge in [0.15, 0.2) is 5.78 Å². The second-order valence-corrected chi connectivity index (χ2v) is 5.13. The van der Waals surface area contributed by atoms with Gasteiger partial charge in [0.25, 0.3) is 0 Å². The summed E-state index contributed by atoms with van der Waals surface area (Å²) in [6.07, 6.45) is 0. The third kappa shape index (κ3) is 2.68. The van der Waals surface area contributed by atoms with Crippen LogP contribution in [0.25, 0.3) is 0 Å². The van der Waals surface area contributed by atoms with Crippen molar-refractivity contribution in [2.75, 3.05) is 0 Å². The largest absolute Gasteiger partial charge is 0.293 e. The highest BCUT2D eigenvalue weighted by Crippen LogP contribution is 2.16. The summed E-state index contributed by atoms with van der Waals surface area (Å²) in [5.74, 6) is 0.654. The van der Waals surface area contributed by atoms with E-state index in [1.54, 1.807) is 0 Å². The van der Waals surface area contributed by atoms with Gasteiger partial charge < -0.3 is 0 Å². The maximum absolute atomic E-state index is 11.6. The van der Waals surface area contributed by atoms with Gasteiger partial charge in [0.1, 0.15) is 0 Å². The van der Waals surface area contributed by atoms with Crippen molar-refractivity contribution in [2.24, 2.45) is 0 Å². The van der Waals surface area contributed by atoms with Gasteiger partial charge in [0.2, 0.25) is 0 Å². The van der Waals surface area contributed by atoms with E-state index in [1.807, 2.05) is 31.2 Å². The molecule has 0 spiro atoms. The molecule has 1 rings (SSSR count). The summed E-state index contributed by atoms with van der Waals surface area (Å²) in [6.45, 7) is 6.13. The van der Waals surface area contributed by atoms with Crippen LogP contribution < -0.4 is 0 Å². The summed E-state index contributed by atoms with van der Waals surface area (Å²) in [5.41, 5.74) is 2.04. The molecule has 76 valence electrons. The van der Waals surface area contributed by atoms with E-state index in [-0.39, 0.29) is 10.6 Å². The fourth-order valence-corrected chi connectivity index (χ4v) is 1.53. The van der Waals surface area contributed by atoms with E-state index in [2.05, 4.69) is 29.8 Å². The van der Waals surface area contributed by atoms with Crippen LogP contribution >= 0.6 is 15.9 Å².